The molecule has 38 heavy (non-hydrogen) atoms. The first kappa shape index (κ1) is 28.1. The zero-order valence-corrected chi connectivity index (χ0v) is 23.4. The van der Waals surface area contributed by atoms with E-state index in [9.17, 15) is 19.5 Å². The fourth-order valence-corrected chi connectivity index (χ4v) is 5.95. The molecule has 2 amide bonds. The highest BCUT2D eigenvalue weighted by Crippen LogP contribution is 2.36. The van der Waals surface area contributed by atoms with Crippen LogP contribution in [0.3, 0.4) is 0 Å². The van der Waals surface area contributed by atoms with E-state index in [4.69, 9.17) is 4.74 Å². The van der Waals surface area contributed by atoms with Crippen molar-refractivity contribution in [3.63, 3.8) is 0 Å². The number of ether oxygens (including phenoxy) is 1. The molecule has 2 bridgehead atoms. The van der Waals surface area contributed by atoms with Crippen molar-refractivity contribution in [1.29, 1.82) is 0 Å². The number of piperidine rings is 1. The Morgan fingerprint density at radius 2 is 1.79 bits per heavy atom. The van der Waals surface area contributed by atoms with Gasteiger partial charge in [0.15, 0.2) is 0 Å². The summed E-state index contributed by atoms with van der Waals surface area (Å²) in [6.07, 6.45) is 2.38. The molecule has 3 heterocycles. The Hall–Kier alpha value is -2.91. The Kier molecular flexibility index (Phi) is 8.18. The van der Waals surface area contributed by atoms with Crippen molar-refractivity contribution in [1.82, 2.24) is 19.7 Å². The molecule has 9 nitrogen and oxygen atoms in total. The Labute approximate surface area is 224 Å². The lowest BCUT2D eigenvalue weighted by atomic mass is 9.96. The highest BCUT2D eigenvalue weighted by Gasteiger charge is 2.42. The van der Waals surface area contributed by atoms with E-state index >= 15 is 0 Å². The molecule has 1 aromatic carbocycles. The lowest BCUT2D eigenvalue weighted by Gasteiger charge is -2.40. The number of aromatic nitrogens is 1. The summed E-state index contributed by atoms with van der Waals surface area (Å²) in [5.74, 6) is -0.327. The van der Waals surface area contributed by atoms with Crippen molar-refractivity contribution in [2.75, 3.05) is 20.1 Å². The number of pyridine rings is 1. The summed E-state index contributed by atoms with van der Waals surface area (Å²) < 4.78 is 7.07. The molecule has 4 rings (SSSR count). The molecule has 2 fully saturated rings. The van der Waals surface area contributed by atoms with E-state index in [0.29, 0.717) is 6.54 Å². The van der Waals surface area contributed by atoms with Crippen LogP contribution in [-0.2, 0) is 4.74 Å². The number of nitrogens with one attached hydrogen (secondary N) is 1. The number of rotatable bonds is 7. The standard InChI is InChI=1S/C29H42N4O5/c1-18(2)33-25-10-8-7-9-19(25)13-24(27(33)36)26(35)30-20-14-21-11-12-22(15-20)32(21)17-23(34)16-31(6)28(37)38-29(3,4)5/h7-10,13,18,20-23,34H,11-12,14-17H2,1-6H3,(H,30,35)/t20?,21-,22+,23-/m1/s1. The molecule has 0 radical (unpaired) electrons. The van der Waals surface area contributed by atoms with Gasteiger partial charge in [-0.15, -0.1) is 0 Å². The van der Waals surface area contributed by atoms with Crippen molar-refractivity contribution in [3.8, 4) is 0 Å². The number of fused-ring (bicyclic) bond motifs is 3. The SMILES string of the molecule is CC(C)n1c(=O)c(C(=O)NC2C[C@H]3CC[C@@H](C2)N3C[C@H](O)CN(C)C(=O)OC(C)(C)C)cc2ccccc21. The van der Waals surface area contributed by atoms with Crippen molar-refractivity contribution in [2.45, 2.75) is 96.2 Å². The predicted molar refractivity (Wildman–Crippen MR) is 147 cm³/mol. The second-order valence-corrected chi connectivity index (χ2v) is 12.1. The van der Waals surface area contributed by atoms with Gasteiger partial charge in [0.1, 0.15) is 11.2 Å². The normalized spacial score (nSPS) is 22.5. The lowest BCUT2D eigenvalue weighted by molar-refractivity contribution is 0.00914. The van der Waals surface area contributed by atoms with Gasteiger partial charge in [-0.25, -0.2) is 4.79 Å². The van der Waals surface area contributed by atoms with Gasteiger partial charge in [0.25, 0.3) is 11.5 Å². The number of aliphatic hydroxyl groups excluding tert-OH is 1. The summed E-state index contributed by atoms with van der Waals surface area (Å²) in [7, 11) is 1.63. The van der Waals surface area contributed by atoms with Gasteiger partial charge in [-0.3, -0.25) is 14.5 Å². The molecule has 0 saturated carbocycles. The van der Waals surface area contributed by atoms with E-state index in [1.807, 2.05) is 58.9 Å². The van der Waals surface area contributed by atoms with Crippen molar-refractivity contribution >= 4 is 22.9 Å². The van der Waals surface area contributed by atoms with Crippen molar-refractivity contribution < 1.29 is 19.4 Å². The van der Waals surface area contributed by atoms with E-state index in [0.717, 1.165) is 36.6 Å². The van der Waals surface area contributed by atoms with Gasteiger partial charge in [-0.05, 0) is 77.8 Å². The van der Waals surface area contributed by atoms with Crippen LogP contribution in [0.4, 0.5) is 4.79 Å². The van der Waals surface area contributed by atoms with Crippen molar-refractivity contribution in [3.05, 3.63) is 46.2 Å². The third-order valence-corrected chi connectivity index (χ3v) is 7.54. The molecule has 0 aliphatic carbocycles. The number of carbonyl (C=O) groups excluding carboxylic acids is 2. The molecular formula is C29H42N4O5. The first-order valence-electron chi connectivity index (χ1n) is 13.7. The lowest BCUT2D eigenvalue weighted by Crippen LogP contribution is -2.53. The molecule has 2 aromatic rings. The van der Waals surface area contributed by atoms with Crippen LogP contribution < -0.4 is 10.9 Å². The topological polar surface area (TPSA) is 104 Å². The molecule has 2 aliphatic rings. The fraction of sp³-hybridized carbons (Fsp3) is 0.621. The van der Waals surface area contributed by atoms with Gasteiger partial charge >= 0.3 is 6.09 Å². The highest BCUT2D eigenvalue weighted by atomic mass is 16.6. The summed E-state index contributed by atoms with van der Waals surface area (Å²) in [4.78, 5) is 42.6. The third kappa shape index (κ3) is 6.21. The minimum Gasteiger partial charge on any atom is -0.444 e. The van der Waals surface area contributed by atoms with Gasteiger partial charge < -0.3 is 24.6 Å². The maximum absolute atomic E-state index is 13.3. The van der Waals surface area contributed by atoms with Gasteiger partial charge in [0, 0.05) is 37.8 Å². The van der Waals surface area contributed by atoms with Gasteiger partial charge in [-0.1, -0.05) is 18.2 Å². The number of likely N-dealkylation sites (N-methyl/N-ethyl adjacent to an activating group) is 1. The number of carbonyl (C=O) groups is 2. The fourth-order valence-electron chi connectivity index (χ4n) is 5.95. The Morgan fingerprint density at radius 1 is 1.16 bits per heavy atom. The molecule has 9 heteroatoms. The molecule has 2 saturated heterocycles. The monoisotopic (exact) mass is 526 g/mol. The maximum atomic E-state index is 13.3. The smallest absolute Gasteiger partial charge is 0.410 e. The molecule has 208 valence electrons. The van der Waals surface area contributed by atoms with Crippen LogP contribution in [-0.4, -0.2) is 81.4 Å². The van der Waals surface area contributed by atoms with Gasteiger partial charge in [0.05, 0.1) is 18.2 Å². The second-order valence-electron chi connectivity index (χ2n) is 12.1. The quantitative estimate of drug-likeness (QED) is 0.572. The van der Waals surface area contributed by atoms with E-state index in [2.05, 4.69) is 10.2 Å². The molecule has 1 aromatic heterocycles. The number of hydrogen-bond donors (Lipinski definition) is 2. The average molecular weight is 527 g/mol. The predicted octanol–water partition coefficient (Wildman–Crippen LogP) is 3.54. The summed E-state index contributed by atoms with van der Waals surface area (Å²) in [5.41, 5.74) is 0.143. The van der Waals surface area contributed by atoms with Gasteiger partial charge in [0.2, 0.25) is 0 Å². The van der Waals surface area contributed by atoms with Crippen LogP contribution in [0.25, 0.3) is 10.9 Å². The number of aliphatic hydroxyl groups is 1. The van der Waals surface area contributed by atoms with Crippen molar-refractivity contribution in [2.24, 2.45) is 0 Å². The Balaban J connectivity index is 1.38. The van der Waals surface area contributed by atoms with E-state index in [1.165, 1.54) is 4.90 Å². The summed E-state index contributed by atoms with van der Waals surface area (Å²) in [6.45, 7) is 9.99. The molecular weight excluding hydrogens is 484 g/mol. The highest BCUT2D eigenvalue weighted by molar-refractivity contribution is 5.97. The van der Waals surface area contributed by atoms with E-state index in [-0.39, 0.29) is 47.7 Å². The minimum absolute atomic E-state index is 0.0313. The second kappa shape index (κ2) is 11.1. The van der Waals surface area contributed by atoms with E-state index < -0.39 is 17.8 Å². The number of para-hydroxylation sites is 1. The Bertz CT molecular complexity index is 1220. The third-order valence-electron chi connectivity index (χ3n) is 7.54. The van der Waals surface area contributed by atoms with Crippen LogP contribution in [0.1, 0.15) is 76.7 Å². The molecule has 2 aliphatic heterocycles. The Morgan fingerprint density at radius 3 is 2.39 bits per heavy atom. The molecule has 2 N–H and O–H groups in total. The van der Waals surface area contributed by atoms with Crippen LogP contribution in [0.2, 0.25) is 0 Å². The van der Waals surface area contributed by atoms with Crippen LogP contribution in [0.5, 0.6) is 0 Å². The summed E-state index contributed by atoms with van der Waals surface area (Å²) in [6, 6.07) is 9.72. The van der Waals surface area contributed by atoms with Crippen LogP contribution in [0.15, 0.2) is 35.1 Å². The van der Waals surface area contributed by atoms with Gasteiger partial charge in [-0.2, -0.15) is 0 Å². The molecule has 4 atom stereocenters. The first-order chi connectivity index (χ1) is 17.8. The minimum atomic E-state index is -0.700. The maximum Gasteiger partial charge on any atom is 0.410 e. The number of benzene rings is 1. The largest absolute Gasteiger partial charge is 0.444 e. The first-order valence-corrected chi connectivity index (χ1v) is 13.7. The average Bonchev–Trinajstić information content (AvgIpc) is 3.04. The number of nitrogens with zero attached hydrogens (tertiary/aromatic N) is 3. The number of amides is 2. The zero-order valence-electron chi connectivity index (χ0n) is 23.4. The summed E-state index contributed by atoms with van der Waals surface area (Å²) >= 11 is 0. The van der Waals surface area contributed by atoms with Crippen LogP contribution >= 0.6 is 0 Å². The zero-order chi connectivity index (χ0) is 27.8. The van der Waals surface area contributed by atoms with Crippen LogP contribution in [0, 0.1) is 0 Å². The molecule has 1 unspecified atom stereocenters. The molecule has 0 spiro atoms. The summed E-state index contributed by atoms with van der Waals surface area (Å²) in [5, 5.41) is 14.7. The number of hydrogen-bond acceptors (Lipinski definition) is 6. The van der Waals surface area contributed by atoms with E-state index in [1.54, 1.807) is 17.7 Å².